The largest absolute Gasteiger partial charge is 0.382 e. The van der Waals surface area contributed by atoms with Gasteiger partial charge in [-0.2, -0.15) is 0 Å². The Morgan fingerprint density at radius 1 is 1.10 bits per heavy atom. The summed E-state index contributed by atoms with van der Waals surface area (Å²) in [6, 6.07) is 9.14. The molecule has 0 saturated carbocycles. The van der Waals surface area contributed by atoms with Gasteiger partial charge in [0.2, 0.25) is 0 Å². The van der Waals surface area contributed by atoms with Crippen molar-refractivity contribution >= 4 is 22.9 Å². The summed E-state index contributed by atoms with van der Waals surface area (Å²) in [6.07, 6.45) is 0. The van der Waals surface area contributed by atoms with Crippen molar-refractivity contribution in [3.63, 3.8) is 0 Å². The van der Waals surface area contributed by atoms with Crippen molar-refractivity contribution < 1.29 is 4.79 Å². The molecule has 0 radical (unpaired) electrons. The van der Waals surface area contributed by atoms with Crippen molar-refractivity contribution in [3.8, 4) is 11.4 Å². The molecule has 0 bridgehead atoms. The third-order valence-electron chi connectivity index (χ3n) is 2.85. The summed E-state index contributed by atoms with van der Waals surface area (Å²) >= 11 is 0. The number of nitrogens with zero attached hydrogens (tertiary/aromatic N) is 3. The van der Waals surface area contributed by atoms with E-state index < -0.39 is 17.2 Å². The number of rotatable bonds is 2. The number of benzene rings is 1. The van der Waals surface area contributed by atoms with Gasteiger partial charge >= 0.3 is 0 Å². The van der Waals surface area contributed by atoms with E-state index in [1.807, 2.05) is 30.3 Å². The first-order valence-corrected chi connectivity index (χ1v) is 5.99. The molecule has 1 amide bonds. The summed E-state index contributed by atoms with van der Waals surface area (Å²) in [7, 11) is 0. The van der Waals surface area contributed by atoms with Gasteiger partial charge in [0.25, 0.3) is 11.5 Å². The molecule has 2 heterocycles. The first-order chi connectivity index (χ1) is 10.1. The second-order valence-corrected chi connectivity index (χ2v) is 4.27. The smallest absolute Gasteiger partial charge is 0.281 e. The molecule has 2 aromatic heterocycles. The fraction of sp³-hybridized carbons (Fsp3) is 0. The number of nitrogens with one attached hydrogen (secondary N) is 1. The van der Waals surface area contributed by atoms with Gasteiger partial charge in [-0.1, -0.05) is 30.3 Å². The monoisotopic (exact) mass is 282 g/mol. The van der Waals surface area contributed by atoms with Crippen LogP contribution in [0.5, 0.6) is 0 Å². The zero-order valence-corrected chi connectivity index (χ0v) is 10.7. The summed E-state index contributed by atoms with van der Waals surface area (Å²) in [4.78, 5) is 37.5. The van der Waals surface area contributed by atoms with E-state index in [0.717, 1.165) is 5.56 Å². The van der Waals surface area contributed by atoms with E-state index >= 15 is 0 Å². The highest BCUT2D eigenvalue weighted by atomic mass is 16.2. The normalized spacial score (nSPS) is 10.7. The molecule has 5 N–H and O–H groups in total. The topological polar surface area (TPSA) is 141 Å². The van der Waals surface area contributed by atoms with Crippen LogP contribution < -0.4 is 17.0 Å². The summed E-state index contributed by atoms with van der Waals surface area (Å²) in [5.41, 5.74) is 10.8. The lowest BCUT2D eigenvalue weighted by Crippen LogP contribution is -2.26. The number of hydrogen-bond donors (Lipinski definition) is 3. The number of anilines is 1. The SMILES string of the molecule is NC(=O)c1nc2c(N)nc(-c3ccccc3)nc2[nH]c1=O. The Kier molecular flexibility index (Phi) is 2.83. The van der Waals surface area contributed by atoms with E-state index in [-0.39, 0.29) is 17.0 Å². The predicted molar refractivity (Wildman–Crippen MR) is 76.3 cm³/mol. The van der Waals surface area contributed by atoms with Crippen molar-refractivity contribution in [1.29, 1.82) is 0 Å². The standard InChI is InChI=1S/C13H10N6O2/c14-9-7-12(19-13(21)8(16-7)10(15)20)18-11(17-9)6-4-2-1-3-5-6/h1-5H,(H2,15,20)(H3,14,17,18,19,21). The van der Waals surface area contributed by atoms with Gasteiger partial charge < -0.3 is 16.5 Å². The third kappa shape index (κ3) is 2.18. The van der Waals surface area contributed by atoms with Crippen LogP contribution in [0, 0.1) is 0 Å². The lowest BCUT2D eigenvalue weighted by Gasteiger charge is -2.05. The molecule has 3 aromatic rings. The first kappa shape index (κ1) is 12.7. The average Bonchev–Trinajstić information content (AvgIpc) is 2.47. The number of amides is 1. The third-order valence-corrected chi connectivity index (χ3v) is 2.85. The van der Waals surface area contributed by atoms with Gasteiger partial charge in [0, 0.05) is 5.56 Å². The van der Waals surface area contributed by atoms with Crippen LogP contribution in [0.4, 0.5) is 5.82 Å². The molecule has 8 heteroatoms. The van der Waals surface area contributed by atoms with Crippen LogP contribution in [0.25, 0.3) is 22.6 Å². The van der Waals surface area contributed by atoms with Crippen molar-refractivity contribution in [2.75, 3.05) is 5.73 Å². The Morgan fingerprint density at radius 3 is 2.48 bits per heavy atom. The highest BCUT2D eigenvalue weighted by Gasteiger charge is 2.14. The number of H-pyrrole nitrogens is 1. The van der Waals surface area contributed by atoms with E-state index in [2.05, 4.69) is 19.9 Å². The average molecular weight is 282 g/mol. The van der Waals surface area contributed by atoms with Crippen LogP contribution in [0.3, 0.4) is 0 Å². The van der Waals surface area contributed by atoms with Gasteiger partial charge in [0.1, 0.15) is 5.52 Å². The predicted octanol–water partition coefficient (Wildman–Crippen LogP) is 0.0612. The molecule has 0 aliphatic rings. The maximum atomic E-state index is 11.7. The quantitative estimate of drug-likeness (QED) is 0.607. The molecular formula is C13H10N6O2. The van der Waals surface area contributed by atoms with E-state index in [1.54, 1.807) is 0 Å². The van der Waals surface area contributed by atoms with E-state index in [1.165, 1.54) is 0 Å². The van der Waals surface area contributed by atoms with E-state index in [0.29, 0.717) is 5.82 Å². The highest BCUT2D eigenvalue weighted by Crippen LogP contribution is 2.19. The van der Waals surface area contributed by atoms with Gasteiger partial charge in [0.05, 0.1) is 0 Å². The number of carbonyl (C=O) groups is 1. The zero-order chi connectivity index (χ0) is 15.0. The Balaban J connectivity index is 2.28. The minimum Gasteiger partial charge on any atom is -0.382 e. The Morgan fingerprint density at radius 2 is 1.81 bits per heavy atom. The van der Waals surface area contributed by atoms with Crippen molar-refractivity contribution in [1.82, 2.24) is 19.9 Å². The van der Waals surface area contributed by atoms with Gasteiger partial charge in [-0.25, -0.2) is 15.0 Å². The van der Waals surface area contributed by atoms with Gasteiger partial charge in [-0.15, -0.1) is 0 Å². The van der Waals surface area contributed by atoms with Crippen LogP contribution >= 0.6 is 0 Å². The highest BCUT2D eigenvalue weighted by molar-refractivity contribution is 5.93. The van der Waals surface area contributed by atoms with Crippen LogP contribution in [0.1, 0.15) is 10.5 Å². The maximum Gasteiger partial charge on any atom is 0.281 e. The minimum absolute atomic E-state index is 0.0533. The molecule has 0 spiro atoms. The van der Waals surface area contributed by atoms with Gasteiger partial charge in [-0.3, -0.25) is 9.59 Å². The number of carbonyl (C=O) groups excluding carboxylic acids is 1. The summed E-state index contributed by atoms with van der Waals surface area (Å²) < 4.78 is 0. The van der Waals surface area contributed by atoms with Crippen LogP contribution in [-0.2, 0) is 0 Å². The number of aromatic nitrogens is 4. The first-order valence-electron chi connectivity index (χ1n) is 5.99. The molecule has 0 atom stereocenters. The second kappa shape index (κ2) is 4.67. The lowest BCUT2D eigenvalue weighted by atomic mass is 10.2. The Bertz CT molecular complexity index is 904. The van der Waals surface area contributed by atoms with Gasteiger partial charge in [0.15, 0.2) is 23.0 Å². The molecule has 0 fully saturated rings. The molecule has 0 aliphatic carbocycles. The van der Waals surface area contributed by atoms with E-state index in [9.17, 15) is 9.59 Å². The summed E-state index contributed by atoms with van der Waals surface area (Å²) in [5, 5.41) is 0. The molecular weight excluding hydrogens is 272 g/mol. The number of aromatic amines is 1. The van der Waals surface area contributed by atoms with Gasteiger partial charge in [-0.05, 0) is 0 Å². The minimum atomic E-state index is -0.940. The maximum absolute atomic E-state index is 11.7. The van der Waals surface area contributed by atoms with Crippen molar-refractivity contribution in [2.24, 2.45) is 5.73 Å². The van der Waals surface area contributed by atoms with Crippen molar-refractivity contribution in [3.05, 3.63) is 46.4 Å². The fourth-order valence-corrected chi connectivity index (χ4v) is 1.88. The molecule has 0 saturated heterocycles. The lowest BCUT2D eigenvalue weighted by molar-refractivity contribution is 0.0994. The van der Waals surface area contributed by atoms with Crippen LogP contribution in [0.15, 0.2) is 35.1 Å². The molecule has 8 nitrogen and oxygen atoms in total. The van der Waals surface area contributed by atoms with E-state index in [4.69, 9.17) is 11.5 Å². The molecule has 1 aromatic carbocycles. The summed E-state index contributed by atoms with van der Waals surface area (Å²) in [6.45, 7) is 0. The van der Waals surface area contributed by atoms with Crippen LogP contribution in [0.2, 0.25) is 0 Å². The molecule has 104 valence electrons. The molecule has 3 rings (SSSR count). The van der Waals surface area contributed by atoms with Crippen molar-refractivity contribution in [2.45, 2.75) is 0 Å². The summed E-state index contributed by atoms with van der Waals surface area (Å²) in [5.74, 6) is -0.535. The molecule has 21 heavy (non-hydrogen) atoms. The second-order valence-electron chi connectivity index (χ2n) is 4.27. The number of nitrogens with two attached hydrogens (primary N) is 2. The van der Waals surface area contributed by atoms with Crippen LogP contribution in [-0.4, -0.2) is 25.8 Å². The Hall–Kier alpha value is -3.29. The number of hydrogen-bond acceptors (Lipinski definition) is 6. The number of fused-ring (bicyclic) bond motifs is 1. The Labute approximate surface area is 117 Å². The number of nitrogen functional groups attached to an aromatic ring is 1. The fourth-order valence-electron chi connectivity index (χ4n) is 1.88. The number of primary amides is 1. The molecule has 0 unspecified atom stereocenters. The zero-order valence-electron chi connectivity index (χ0n) is 10.7. The molecule has 0 aliphatic heterocycles.